The summed E-state index contributed by atoms with van der Waals surface area (Å²) in [4.78, 5) is 14.4. The van der Waals surface area contributed by atoms with Crippen LogP contribution >= 0.6 is 0 Å². The van der Waals surface area contributed by atoms with Gasteiger partial charge in [0.25, 0.3) is 0 Å². The summed E-state index contributed by atoms with van der Waals surface area (Å²) in [6, 6.07) is 17.4. The molecule has 0 aliphatic heterocycles. The van der Waals surface area contributed by atoms with Gasteiger partial charge in [0, 0.05) is 11.1 Å². The average Bonchev–Trinajstić information content (AvgIpc) is 2.48. The van der Waals surface area contributed by atoms with E-state index in [1.54, 1.807) is 0 Å². The molecule has 0 fully saturated rings. The molecule has 0 radical (unpaired) electrons. The van der Waals surface area contributed by atoms with Crippen LogP contribution in [0, 0.1) is 0 Å². The lowest BCUT2D eigenvalue weighted by atomic mass is 10.0. The fourth-order valence-electron chi connectivity index (χ4n) is 2.18. The zero-order valence-corrected chi connectivity index (χ0v) is 12.2. The monoisotopic (exact) mass is 267 g/mol. The summed E-state index contributed by atoms with van der Waals surface area (Å²) < 4.78 is 0. The summed E-state index contributed by atoms with van der Waals surface area (Å²) in [7, 11) is 4.17. The summed E-state index contributed by atoms with van der Waals surface area (Å²) in [6.07, 6.45) is 2.19. The second-order valence-electron chi connectivity index (χ2n) is 5.30. The molecule has 0 saturated carbocycles. The highest BCUT2D eigenvalue weighted by Crippen LogP contribution is 2.12. The first kappa shape index (κ1) is 14.5. The van der Waals surface area contributed by atoms with Crippen LogP contribution in [0.1, 0.15) is 27.9 Å². The molecule has 2 rings (SSSR count). The van der Waals surface area contributed by atoms with E-state index in [9.17, 15) is 4.79 Å². The molecule has 0 bridgehead atoms. The first-order valence-corrected chi connectivity index (χ1v) is 7.00. The van der Waals surface area contributed by atoms with Gasteiger partial charge in [-0.2, -0.15) is 0 Å². The van der Waals surface area contributed by atoms with E-state index in [0.29, 0.717) is 0 Å². The van der Waals surface area contributed by atoms with E-state index in [1.807, 2.05) is 42.5 Å². The van der Waals surface area contributed by atoms with E-state index in [4.69, 9.17) is 0 Å². The molecule has 0 amide bonds. The quantitative estimate of drug-likeness (QED) is 0.748. The third kappa shape index (κ3) is 4.04. The van der Waals surface area contributed by atoms with E-state index in [0.717, 1.165) is 30.5 Å². The number of ketones is 1. The van der Waals surface area contributed by atoms with Crippen LogP contribution in [0.4, 0.5) is 0 Å². The van der Waals surface area contributed by atoms with Gasteiger partial charge < -0.3 is 4.90 Å². The Kier molecular flexibility index (Phi) is 5.08. The van der Waals surface area contributed by atoms with Crippen molar-refractivity contribution < 1.29 is 4.79 Å². The van der Waals surface area contributed by atoms with E-state index < -0.39 is 0 Å². The maximum Gasteiger partial charge on any atom is 0.193 e. The van der Waals surface area contributed by atoms with Gasteiger partial charge in [-0.25, -0.2) is 0 Å². The number of hydrogen-bond acceptors (Lipinski definition) is 2. The van der Waals surface area contributed by atoms with Gasteiger partial charge >= 0.3 is 0 Å². The smallest absolute Gasteiger partial charge is 0.193 e. The highest BCUT2D eigenvalue weighted by atomic mass is 16.1. The van der Waals surface area contributed by atoms with Crippen molar-refractivity contribution in [2.24, 2.45) is 0 Å². The maximum absolute atomic E-state index is 12.3. The zero-order valence-electron chi connectivity index (χ0n) is 12.2. The second kappa shape index (κ2) is 7.01. The van der Waals surface area contributed by atoms with E-state index in [-0.39, 0.29) is 5.78 Å². The van der Waals surface area contributed by atoms with Crippen molar-refractivity contribution in [3.63, 3.8) is 0 Å². The average molecular weight is 267 g/mol. The summed E-state index contributed by atoms with van der Waals surface area (Å²) in [5.41, 5.74) is 2.79. The Morgan fingerprint density at radius 2 is 1.50 bits per heavy atom. The van der Waals surface area contributed by atoms with Crippen LogP contribution < -0.4 is 0 Å². The van der Waals surface area contributed by atoms with Crippen molar-refractivity contribution in [2.45, 2.75) is 12.8 Å². The molecule has 0 aromatic heterocycles. The van der Waals surface area contributed by atoms with E-state index in [1.165, 1.54) is 5.56 Å². The van der Waals surface area contributed by atoms with Crippen molar-refractivity contribution in [2.75, 3.05) is 20.6 Å². The van der Waals surface area contributed by atoms with Crippen LogP contribution in [-0.2, 0) is 6.42 Å². The maximum atomic E-state index is 12.3. The molecule has 0 heterocycles. The fraction of sp³-hybridized carbons (Fsp3) is 0.278. The van der Waals surface area contributed by atoms with Crippen LogP contribution in [0.15, 0.2) is 54.6 Å². The molecular weight excluding hydrogens is 246 g/mol. The molecule has 0 saturated heterocycles. The minimum atomic E-state index is 0.0884. The van der Waals surface area contributed by atoms with Gasteiger partial charge in [0.1, 0.15) is 0 Å². The van der Waals surface area contributed by atoms with Crippen LogP contribution in [0.3, 0.4) is 0 Å². The predicted molar refractivity (Wildman–Crippen MR) is 83.2 cm³/mol. The number of nitrogens with zero attached hydrogens (tertiary/aromatic N) is 1. The number of rotatable bonds is 6. The molecule has 20 heavy (non-hydrogen) atoms. The lowest BCUT2D eigenvalue weighted by Crippen LogP contribution is -2.13. The minimum absolute atomic E-state index is 0.0884. The number of carbonyl (C=O) groups is 1. The summed E-state index contributed by atoms with van der Waals surface area (Å²) in [6.45, 7) is 1.09. The first-order valence-electron chi connectivity index (χ1n) is 7.00. The molecule has 0 N–H and O–H groups in total. The molecule has 0 aliphatic carbocycles. The molecule has 0 aliphatic rings. The Labute approximate surface area is 121 Å². The summed E-state index contributed by atoms with van der Waals surface area (Å²) >= 11 is 0. The predicted octanol–water partition coefficient (Wildman–Crippen LogP) is 3.41. The topological polar surface area (TPSA) is 20.3 Å². The first-order chi connectivity index (χ1) is 9.66. The third-order valence-electron chi connectivity index (χ3n) is 3.32. The Balaban J connectivity index is 1.99. The molecule has 2 aromatic carbocycles. The van der Waals surface area contributed by atoms with Crippen molar-refractivity contribution in [1.29, 1.82) is 0 Å². The van der Waals surface area contributed by atoms with Gasteiger partial charge in [0.05, 0.1) is 0 Å². The Morgan fingerprint density at radius 3 is 2.10 bits per heavy atom. The third-order valence-corrected chi connectivity index (χ3v) is 3.32. The van der Waals surface area contributed by atoms with Crippen LogP contribution in [0.25, 0.3) is 0 Å². The number of aryl methyl sites for hydroxylation is 1. The van der Waals surface area contributed by atoms with Gasteiger partial charge in [-0.1, -0.05) is 54.6 Å². The fourth-order valence-corrected chi connectivity index (χ4v) is 2.18. The standard InChI is InChI=1S/C18H21NO/c1-19(2)14-6-7-15-10-12-17(13-11-15)18(20)16-8-4-3-5-9-16/h3-5,8-13H,6-7,14H2,1-2H3. The van der Waals surface area contributed by atoms with Crippen LogP contribution in [0.5, 0.6) is 0 Å². The Bertz CT molecular complexity index is 543. The Morgan fingerprint density at radius 1 is 0.900 bits per heavy atom. The van der Waals surface area contributed by atoms with Gasteiger partial charge in [0.15, 0.2) is 5.78 Å². The van der Waals surface area contributed by atoms with Crippen molar-refractivity contribution in [1.82, 2.24) is 4.90 Å². The number of hydrogen-bond donors (Lipinski definition) is 0. The second-order valence-corrected chi connectivity index (χ2v) is 5.30. The summed E-state index contributed by atoms with van der Waals surface area (Å²) in [5.74, 6) is 0.0884. The van der Waals surface area contributed by atoms with Crippen molar-refractivity contribution in [3.8, 4) is 0 Å². The molecule has 0 spiro atoms. The summed E-state index contributed by atoms with van der Waals surface area (Å²) in [5, 5.41) is 0. The lowest BCUT2D eigenvalue weighted by Gasteiger charge is -2.09. The lowest BCUT2D eigenvalue weighted by molar-refractivity contribution is 0.103. The molecule has 104 valence electrons. The van der Waals surface area contributed by atoms with Gasteiger partial charge in [-0.3, -0.25) is 4.79 Å². The Hall–Kier alpha value is -1.93. The zero-order chi connectivity index (χ0) is 14.4. The van der Waals surface area contributed by atoms with Crippen molar-refractivity contribution >= 4 is 5.78 Å². The highest BCUT2D eigenvalue weighted by molar-refractivity contribution is 6.08. The van der Waals surface area contributed by atoms with Gasteiger partial charge in [0.2, 0.25) is 0 Å². The molecule has 2 nitrogen and oxygen atoms in total. The van der Waals surface area contributed by atoms with Crippen molar-refractivity contribution in [3.05, 3.63) is 71.3 Å². The van der Waals surface area contributed by atoms with Gasteiger partial charge in [-0.05, 0) is 39.0 Å². The minimum Gasteiger partial charge on any atom is -0.309 e. The molecule has 2 aromatic rings. The number of carbonyl (C=O) groups excluding carboxylic acids is 1. The SMILES string of the molecule is CN(C)CCCc1ccc(C(=O)c2ccccc2)cc1. The number of benzene rings is 2. The molecule has 2 heteroatoms. The van der Waals surface area contributed by atoms with Crippen LogP contribution in [0.2, 0.25) is 0 Å². The highest BCUT2D eigenvalue weighted by Gasteiger charge is 2.07. The van der Waals surface area contributed by atoms with E-state index >= 15 is 0 Å². The van der Waals surface area contributed by atoms with Gasteiger partial charge in [-0.15, -0.1) is 0 Å². The molecule has 0 unspecified atom stereocenters. The molecular formula is C18H21NO. The molecule has 0 atom stereocenters. The largest absolute Gasteiger partial charge is 0.309 e. The van der Waals surface area contributed by atoms with E-state index in [2.05, 4.69) is 31.1 Å². The normalized spacial score (nSPS) is 10.8. The van der Waals surface area contributed by atoms with Crippen LogP contribution in [-0.4, -0.2) is 31.3 Å².